The van der Waals surface area contributed by atoms with Crippen LogP contribution in [0.4, 0.5) is 0 Å². The van der Waals surface area contributed by atoms with Gasteiger partial charge in [-0.15, -0.1) is 11.8 Å². The lowest BCUT2D eigenvalue weighted by Gasteiger charge is -2.24. The average Bonchev–Trinajstić information content (AvgIpc) is 3.21. The van der Waals surface area contributed by atoms with Gasteiger partial charge in [0.2, 0.25) is 5.91 Å². The van der Waals surface area contributed by atoms with E-state index in [9.17, 15) is 9.59 Å². The Bertz CT molecular complexity index is 1230. The number of nitrogens with one attached hydrogen (secondary N) is 1. The first-order chi connectivity index (χ1) is 16.1. The maximum Gasteiger partial charge on any atom is 0.263 e. The van der Waals surface area contributed by atoms with Crippen molar-refractivity contribution in [3.05, 3.63) is 81.6 Å². The van der Waals surface area contributed by atoms with Crippen molar-refractivity contribution in [1.82, 2.24) is 14.9 Å². The van der Waals surface area contributed by atoms with Crippen molar-refractivity contribution >= 4 is 29.4 Å². The predicted molar refractivity (Wildman–Crippen MR) is 134 cm³/mol. The maximum absolute atomic E-state index is 13.8. The molecule has 1 aliphatic heterocycles. The van der Waals surface area contributed by atoms with Gasteiger partial charge < -0.3 is 5.32 Å². The summed E-state index contributed by atoms with van der Waals surface area (Å²) in [6.45, 7) is 2.51. The highest BCUT2D eigenvalue weighted by Gasteiger charge is 2.39. The molecule has 170 valence electrons. The van der Waals surface area contributed by atoms with E-state index in [1.165, 1.54) is 24.6 Å². The Labute approximate surface area is 202 Å². The van der Waals surface area contributed by atoms with Gasteiger partial charge in [-0.3, -0.25) is 14.2 Å². The third-order valence-electron chi connectivity index (χ3n) is 6.31. The molecule has 0 saturated heterocycles. The van der Waals surface area contributed by atoms with Gasteiger partial charge in [-0.1, -0.05) is 67.1 Å². The molecule has 2 atom stereocenters. The largest absolute Gasteiger partial charge is 0.351 e. The molecule has 1 saturated carbocycles. The molecule has 33 heavy (non-hydrogen) atoms. The fourth-order valence-electron chi connectivity index (χ4n) is 4.68. The number of hydrogen-bond acceptors (Lipinski definition) is 5. The fourth-order valence-corrected chi connectivity index (χ4v) is 7.09. The van der Waals surface area contributed by atoms with Crippen LogP contribution in [-0.2, 0) is 11.3 Å². The minimum Gasteiger partial charge on any atom is -0.351 e. The number of aromatic nitrogens is 2. The van der Waals surface area contributed by atoms with Crippen molar-refractivity contribution in [2.75, 3.05) is 5.75 Å². The molecule has 2 heterocycles. The lowest BCUT2D eigenvalue weighted by atomic mass is 9.85. The maximum atomic E-state index is 13.8. The van der Waals surface area contributed by atoms with Crippen LogP contribution in [0.1, 0.15) is 48.3 Å². The molecule has 1 N–H and O–H groups in total. The first-order valence-corrected chi connectivity index (χ1v) is 13.3. The number of rotatable bonds is 6. The molecule has 5 nitrogen and oxygen atoms in total. The van der Waals surface area contributed by atoms with Crippen LogP contribution in [0.2, 0.25) is 0 Å². The molecular formula is C26H27N3O2S2. The smallest absolute Gasteiger partial charge is 0.263 e. The summed E-state index contributed by atoms with van der Waals surface area (Å²) in [7, 11) is 0. The van der Waals surface area contributed by atoms with E-state index in [2.05, 4.69) is 5.32 Å². The van der Waals surface area contributed by atoms with Gasteiger partial charge in [0, 0.05) is 17.7 Å². The van der Waals surface area contributed by atoms with Crippen LogP contribution < -0.4 is 10.9 Å². The summed E-state index contributed by atoms with van der Waals surface area (Å²) in [6, 6.07) is 17.8. The van der Waals surface area contributed by atoms with Gasteiger partial charge in [-0.25, -0.2) is 4.98 Å². The Balaban J connectivity index is 1.43. The second-order valence-electron chi connectivity index (χ2n) is 8.69. The number of carbonyl (C=O) groups is 1. The third-order valence-corrected chi connectivity index (χ3v) is 8.65. The van der Waals surface area contributed by atoms with Crippen molar-refractivity contribution in [3.8, 4) is 5.69 Å². The molecular weight excluding hydrogens is 450 g/mol. The highest BCUT2D eigenvalue weighted by molar-refractivity contribution is 8.00. The van der Waals surface area contributed by atoms with E-state index >= 15 is 0 Å². The molecule has 2 aliphatic rings. The minimum atomic E-state index is -0.0734. The number of nitrogens with zero attached hydrogens (tertiary/aromatic N) is 2. The Morgan fingerprint density at radius 3 is 2.79 bits per heavy atom. The van der Waals surface area contributed by atoms with E-state index in [1.807, 2.05) is 61.5 Å². The summed E-state index contributed by atoms with van der Waals surface area (Å²) in [5, 5.41) is 4.87. The van der Waals surface area contributed by atoms with Crippen LogP contribution in [0.5, 0.6) is 0 Å². The number of amides is 1. The quantitative estimate of drug-likeness (QED) is 0.305. The number of carbonyl (C=O) groups excluding carboxylic acids is 1. The average molecular weight is 478 g/mol. The van der Waals surface area contributed by atoms with Gasteiger partial charge in [0.1, 0.15) is 5.03 Å². The Morgan fingerprint density at radius 2 is 1.97 bits per heavy atom. The van der Waals surface area contributed by atoms with E-state index < -0.39 is 0 Å². The number of hydrogen-bond donors (Lipinski definition) is 1. The van der Waals surface area contributed by atoms with Crippen LogP contribution in [0, 0.1) is 6.92 Å². The van der Waals surface area contributed by atoms with E-state index in [4.69, 9.17) is 4.98 Å². The predicted octanol–water partition coefficient (Wildman–Crippen LogP) is 5.08. The van der Waals surface area contributed by atoms with Crippen LogP contribution in [0.3, 0.4) is 0 Å². The van der Waals surface area contributed by atoms with Crippen molar-refractivity contribution < 1.29 is 4.79 Å². The number of fused-ring (bicyclic) bond motifs is 3. The summed E-state index contributed by atoms with van der Waals surface area (Å²) in [5.74, 6) is 0.431. The molecule has 1 fully saturated rings. The van der Waals surface area contributed by atoms with Gasteiger partial charge >= 0.3 is 0 Å². The second kappa shape index (κ2) is 9.77. The normalized spacial score (nSPS) is 19.1. The molecule has 2 aromatic carbocycles. The highest BCUT2D eigenvalue weighted by Crippen LogP contribution is 2.50. The van der Waals surface area contributed by atoms with Crippen molar-refractivity contribution in [2.24, 2.45) is 0 Å². The zero-order chi connectivity index (χ0) is 22.8. The van der Waals surface area contributed by atoms with Gasteiger partial charge in [-0.05, 0) is 43.0 Å². The zero-order valence-corrected chi connectivity index (χ0v) is 20.3. The number of thioether (sulfide) groups is 2. The SMILES string of the molecule is Cc1cccc(-n2c(SCC(=O)NCc3ccccc3)nc3c(c2=O)C2CCCCC2S3)c1. The van der Waals surface area contributed by atoms with Crippen LogP contribution >= 0.6 is 23.5 Å². The number of benzene rings is 2. The molecule has 1 aromatic heterocycles. The van der Waals surface area contributed by atoms with Gasteiger partial charge in [0.15, 0.2) is 5.16 Å². The van der Waals surface area contributed by atoms with E-state index in [0.29, 0.717) is 22.9 Å². The Kier molecular flexibility index (Phi) is 6.60. The third kappa shape index (κ3) is 4.75. The van der Waals surface area contributed by atoms with Crippen molar-refractivity contribution in [3.63, 3.8) is 0 Å². The summed E-state index contributed by atoms with van der Waals surface area (Å²) in [5.41, 5.74) is 3.86. The second-order valence-corrected chi connectivity index (χ2v) is 10.9. The highest BCUT2D eigenvalue weighted by atomic mass is 32.2. The Morgan fingerprint density at radius 1 is 1.15 bits per heavy atom. The van der Waals surface area contributed by atoms with E-state index in [-0.39, 0.29) is 17.2 Å². The minimum absolute atomic E-state index is 0.0275. The topological polar surface area (TPSA) is 64.0 Å². The van der Waals surface area contributed by atoms with Gasteiger partial charge in [-0.2, -0.15) is 0 Å². The monoisotopic (exact) mass is 477 g/mol. The summed E-state index contributed by atoms with van der Waals surface area (Å²) >= 11 is 3.09. The Hall–Kier alpha value is -2.51. The van der Waals surface area contributed by atoms with E-state index in [1.54, 1.807) is 16.3 Å². The molecule has 1 amide bonds. The first kappa shape index (κ1) is 22.3. The molecule has 2 unspecified atom stereocenters. The molecule has 0 bridgehead atoms. The fraction of sp³-hybridized carbons (Fsp3) is 0.346. The molecule has 0 radical (unpaired) electrons. The number of aryl methyl sites for hydroxylation is 1. The van der Waals surface area contributed by atoms with Crippen molar-refractivity contribution in [2.45, 2.75) is 60.5 Å². The standard InChI is InChI=1S/C26H27N3O2S2/c1-17-8-7-11-19(14-17)29-25(31)23-20-12-5-6-13-21(20)33-24(23)28-26(29)32-16-22(30)27-15-18-9-3-2-4-10-18/h2-4,7-11,14,20-21H,5-6,12-13,15-16H2,1H3,(H,27,30). The molecule has 7 heteroatoms. The van der Waals surface area contributed by atoms with Crippen LogP contribution in [0.25, 0.3) is 5.69 Å². The van der Waals surface area contributed by atoms with E-state index in [0.717, 1.165) is 40.2 Å². The van der Waals surface area contributed by atoms with Crippen LogP contribution in [0.15, 0.2) is 69.6 Å². The first-order valence-electron chi connectivity index (χ1n) is 11.4. The summed E-state index contributed by atoms with van der Waals surface area (Å²) in [6.07, 6.45) is 4.59. The molecule has 5 rings (SSSR count). The summed E-state index contributed by atoms with van der Waals surface area (Å²) < 4.78 is 1.72. The molecule has 3 aromatic rings. The summed E-state index contributed by atoms with van der Waals surface area (Å²) in [4.78, 5) is 31.3. The van der Waals surface area contributed by atoms with Gasteiger partial charge in [0.05, 0.1) is 17.0 Å². The molecule has 1 aliphatic carbocycles. The lowest BCUT2D eigenvalue weighted by Crippen LogP contribution is -2.29. The van der Waals surface area contributed by atoms with Crippen molar-refractivity contribution in [1.29, 1.82) is 0 Å². The van der Waals surface area contributed by atoms with Gasteiger partial charge in [0.25, 0.3) is 5.56 Å². The lowest BCUT2D eigenvalue weighted by molar-refractivity contribution is -0.118. The zero-order valence-electron chi connectivity index (χ0n) is 18.6. The van der Waals surface area contributed by atoms with Crippen LogP contribution in [-0.4, -0.2) is 26.5 Å². The molecule has 0 spiro atoms.